The third-order valence-electron chi connectivity index (χ3n) is 4.94. The molecule has 0 bridgehead atoms. The summed E-state index contributed by atoms with van der Waals surface area (Å²) in [6.45, 7) is 23.1. The van der Waals surface area contributed by atoms with Crippen LogP contribution in [-0.4, -0.2) is 31.3 Å². The molecule has 0 amide bonds. The standard InChI is InChI=1S/C16H23NO3.C9H16.C3H8/c1-10(2)4-5-19-16-7-12(9-17)13-8-14(18)11(3)6-15(13)20-16;1-8(2)6-5-7-9(3)4;1-3-2/h6-7,13,15-16H,1,4-5,8-9,17H2,2-3H3;7H,1,5-6H2,2-4H3;3H2,1-2H3/t13-,15-,16+;;/m1../s1. The second-order valence-electron chi connectivity index (χ2n) is 9.06. The molecule has 2 N–H and O–H groups in total. The van der Waals surface area contributed by atoms with Gasteiger partial charge in [-0.15, -0.1) is 13.2 Å². The normalized spacial score (nSPS) is 21.5. The molecular formula is C28H47NO3. The largest absolute Gasteiger partial charge is 0.349 e. The maximum absolute atomic E-state index is 11.8. The van der Waals surface area contributed by atoms with Gasteiger partial charge in [0.15, 0.2) is 12.1 Å². The maximum atomic E-state index is 11.8. The van der Waals surface area contributed by atoms with E-state index in [1.54, 1.807) is 0 Å². The van der Waals surface area contributed by atoms with Crippen LogP contribution in [0.4, 0.5) is 0 Å². The summed E-state index contributed by atoms with van der Waals surface area (Å²) in [5.74, 6) is 0.244. The minimum Gasteiger partial charge on any atom is -0.349 e. The average molecular weight is 446 g/mol. The topological polar surface area (TPSA) is 61.5 Å². The predicted molar refractivity (Wildman–Crippen MR) is 137 cm³/mol. The van der Waals surface area contributed by atoms with Crippen molar-refractivity contribution in [2.45, 2.75) is 93.0 Å². The molecule has 2 aliphatic rings. The molecule has 1 aliphatic heterocycles. The van der Waals surface area contributed by atoms with Gasteiger partial charge in [-0.25, -0.2) is 0 Å². The molecule has 1 heterocycles. The Bertz CT molecular complexity index is 695. The zero-order valence-corrected chi connectivity index (χ0v) is 21.6. The zero-order valence-electron chi connectivity index (χ0n) is 21.6. The number of allylic oxidation sites excluding steroid dienone is 4. The Morgan fingerprint density at radius 3 is 2.25 bits per heavy atom. The lowest BCUT2D eigenvalue weighted by Gasteiger charge is -2.37. The molecule has 0 radical (unpaired) electrons. The summed E-state index contributed by atoms with van der Waals surface area (Å²) < 4.78 is 11.6. The van der Waals surface area contributed by atoms with E-state index in [4.69, 9.17) is 15.2 Å². The summed E-state index contributed by atoms with van der Waals surface area (Å²) in [5, 5.41) is 0. The Labute approximate surface area is 197 Å². The monoisotopic (exact) mass is 445 g/mol. The zero-order chi connectivity index (χ0) is 24.7. The number of hydrogen-bond donors (Lipinski definition) is 1. The van der Waals surface area contributed by atoms with Crippen molar-refractivity contribution >= 4 is 5.78 Å². The average Bonchev–Trinajstić information content (AvgIpc) is 2.69. The summed E-state index contributed by atoms with van der Waals surface area (Å²) in [6, 6.07) is 0. The quantitative estimate of drug-likeness (QED) is 0.415. The molecule has 0 saturated carbocycles. The lowest BCUT2D eigenvalue weighted by molar-refractivity contribution is -0.152. The molecule has 0 unspecified atom stereocenters. The second kappa shape index (κ2) is 16.8. The summed E-state index contributed by atoms with van der Waals surface area (Å²) in [4.78, 5) is 11.8. The number of hydrogen-bond acceptors (Lipinski definition) is 4. The lowest BCUT2D eigenvalue weighted by atomic mass is 9.80. The van der Waals surface area contributed by atoms with Crippen LogP contribution in [0.5, 0.6) is 0 Å². The van der Waals surface area contributed by atoms with Gasteiger partial charge in [-0.05, 0) is 77.2 Å². The number of fused-ring (bicyclic) bond motifs is 1. The highest BCUT2D eigenvalue weighted by Gasteiger charge is 2.36. The minimum absolute atomic E-state index is 0.0668. The molecule has 0 fully saturated rings. The molecule has 32 heavy (non-hydrogen) atoms. The van der Waals surface area contributed by atoms with Crippen molar-refractivity contribution in [2.75, 3.05) is 13.2 Å². The Morgan fingerprint density at radius 1 is 1.16 bits per heavy atom. The molecule has 0 aromatic carbocycles. The van der Waals surface area contributed by atoms with E-state index in [-0.39, 0.29) is 24.1 Å². The fourth-order valence-corrected chi connectivity index (χ4v) is 3.16. The van der Waals surface area contributed by atoms with E-state index < -0.39 is 0 Å². The second-order valence-corrected chi connectivity index (χ2v) is 9.06. The molecule has 0 aromatic rings. The van der Waals surface area contributed by atoms with Crippen molar-refractivity contribution in [1.82, 2.24) is 0 Å². The fraction of sp³-hybridized carbons (Fsp3) is 0.607. The number of nitrogens with two attached hydrogens (primary N) is 1. The molecule has 3 atom stereocenters. The number of carbonyl (C=O) groups excluding carboxylic acids is 1. The van der Waals surface area contributed by atoms with Gasteiger partial charge in [-0.3, -0.25) is 4.79 Å². The number of ketones is 1. The number of rotatable bonds is 8. The first-order chi connectivity index (χ1) is 15.0. The van der Waals surface area contributed by atoms with Crippen LogP contribution in [0.3, 0.4) is 0 Å². The highest BCUT2D eigenvalue weighted by molar-refractivity contribution is 5.96. The minimum atomic E-state index is -0.383. The van der Waals surface area contributed by atoms with Crippen LogP contribution in [0.2, 0.25) is 0 Å². The highest BCUT2D eigenvalue weighted by Crippen LogP contribution is 2.34. The number of carbonyl (C=O) groups is 1. The number of ether oxygens (including phenoxy) is 2. The van der Waals surface area contributed by atoms with Crippen LogP contribution in [0.25, 0.3) is 0 Å². The van der Waals surface area contributed by atoms with Gasteiger partial charge in [0.25, 0.3) is 0 Å². The molecule has 0 spiro atoms. The Morgan fingerprint density at radius 2 is 1.75 bits per heavy atom. The van der Waals surface area contributed by atoms with Gasteiger partial charge in [-0.1, -0.05) is 43.1 Å². The maximum Gasteiger partial charge on any atom is 0.177 e. The third kappa shape index (κ3) is 12.9. The highest BCUT2D eigenvalue weighted by atomic mass is 16.7. The van der Waals surface area contributed by atoms with E-state index in [1.807, 2.05) is 26.0 Å². The van der Waals surface area contributed by atoms with Crippen molar-refractivity contribution in [3.8, 4) is 0 Å². The van der Waals surface area contributed by atoms with E-state index >= 15 is 0 Å². The van der Waals surface area contributed by atoms with Crippen LogP contribution < -0.4 is 5.73 Å². The van der Waals surface area contributed by atoms with Crippen molar-refractivity contribution in [3.63, 3.8) is 0 Å². The summed E-state index contributed by atoms with van der Waals surface area (Å²) in [7, 11) is 0. The molecule has 1 aliphatic carbocycles. The van der Waals surface area contributed by atoms with Gasteiger partial charge in [-0.2, -0.15) is 0 Å². The van der Waals surface area contributed by atoms with Crippen molar-refractivity contribution in [1.29, 1.82) is 0 Å². The summed E-state index contributed by atoms with van der Waals surface area (Å²) >= 11 is 0. The fourth-order valence-electron chi connectivity index (χ4n) is 3.16. The Balaban J connectivity index is 0.000000672. The molecule has 0 saturated heterocycles. The van der Waals surface area contributed by atoms with E-state index in [9.17, 15) is 4.79 Å². The molecular weight excluding hydrogens is 398 g/mol. The van der Waals surface area contributed by atoms with E-state index in [0.717, 1.165) is 36.0 Å². The van der Waals surface area contributed by atoms with Gasteiger partial charge >= 0.3 is 0 Å². The van der Waals surface area contributed by atoms with E-state index in [0.29, 0.717) is 19.6 Å². The van der Waals surface area contributed by atoms with E-state index in [1.165, 1.54) is 17.6 Å². The first-order valence-corrected chi connectivity index (χ1v) is 11.9. The summed E-state index contributed by atoms with van der Waals surface area (Å²) in [6.07, 6.45) is 10.4. The molecule has 4 heteroatoms. The van der Waals surface area contributed by atoms with Crippen LogP contribution in [0.1, 0.15) is 80.6 Å². The Hall–Kier alpha value is -1.75. The third-order valence-corrected chi connectivity index (χ3v) is 4.94. The molecule has 4 nitrogen and oxygen atoms in total. The van der Waals surface area contributed by atoms with Gasteiger partial charge in [0.05, 0.1) is 12.7 Å². The van der Waals surface area contributed by atoms with Gasteiger partial charge in [0, 0.05) is 18.9 Å². The van der Waals surface area contributed by atoms with Crippen molar-refractivity contribution < 1.29 is 14.3 Å². The predicted octanol–water partition coefficient (Wildman–Crippen LogP) is 6.84. The van der Waals surface area contributed by atoms with Crippen molar-refractivity contribution in [2.24, 2.45) is 11.7 Å². The van der Waals surface area contributed by atoms with Crippen LogP contribution in [0.15, 0.2) is 59.3 Å². The smallest absolute Gasteiger partial charge is 0.177 e. The Kier molecular flexibility index (Phi) is 15.9. The SMILES string of the molecule is C=C(C)CCC=C(C)C.C=C(C)CCO[C@@H]1C=C(CN)[C@H]2CC(=O)C(C)=C[C@H]2O1.CCC. The van der Waals surface area contributed by atoms with Crippen LogP contribution >= 0.6 is 0 Å². The molecule has 0 aromatic heterocycles. The lowest BCUT2D eigenvalue weighted by Crippen LogP contribution is -2.40. The first kappa shape index (κ1) is 30.2. The van der Waals surface area contributed by atoms with Crippen LogP contribution in [0, 0.1) is 5.92 Å². The molecule has 2 rings (SSSR count). The van der Waals surface area contributed by atoms with Gasteiger partial charge in [0.2, 0.25) is 0 Å². The van der Waals surface area contributed by atoms with Gasteiger partial charge in [0.1, 0.15) is 0 Å². The number of Topliss-reactive ketones (excluding diaryl/α,β-unsaturated/α-hetero) is 1. The summed E-state index contributed by atoms with van der Waals surface area (Å²) in [5.41, 5.74) is 11.4. The van der Waals surface area contributed by atoms with Gasteiger partial charge < -0.3 is 15.2 Å². The van der Waals surface area contributed by atoms with E-state index in [2.05, 4.69) is 53.9 Å². The molecule has 182 valence electrons. The first-order valence-electron chi connectivity index (χ1n) is 11.9. The van der Waals surface area contributed by atoms with Crippen molar-refractivity contribution in [3.05, 3.63) is 59.3 Å². The van der Waals surface area contributed by atoms with Crippen LogP contribution in [-0.2, 0) is 14.3 Å².